The summed E-state index contributed by atoms with van der Waals surface area (Å²) in [5.74, 6) is 0.0309. The van der Waals surface area contributed by atoms with Crippen molar-refractivity contribution >= 4 is 22.9 Å². The summed E-state index contributed by atoms with van der Waals surface area (Å²) in [4.78, 5) is 8.06. The highest BCUT2D eigenvalue weighted by molar-refractivity contribution is 7.10. The van der Waals surface area contributed by atoms with E-state index in [0.29, 0.717) is 11.7 Å². The molecule has 0 amide bonds. The van der Waals surface area contributed by atoms with Crippen molar-refractivity contribution in [1.29, 1.82) is 0 Å². The number of hydrogen-bond donors (Lipinski definition) is 2. The molecule has 1 aliphatic heterocycles. The number of nitrogens with two attached hydrogens (primary N) is 1. The normalized spacial score (nSPS) is 18.9. The van der Waals surface area contributed by atoms with Crippen molar-refractivity contribution in [3.8, 4) is 0 Å². The minimum Gasteiger partial charge on any atom is -0.409 e. The highest BCUT2D eigenvalue weighted by atomic mass is 32.1. The first kappa shape index (κ1) is 12.9. The third kappa shape index (κ3) is 2.12. The van der Waals surface area contributed by atoms with E-state index in [1.165, 1.54) is 10.4 Å². The highest BCUT2D eigenvalue weighted by Gasteiger charge is 2.25. The van der Waals surface area contributed by atoms with Gasteiger partial charge in [0.1, 0.15) is 5.69 Å². The average Bonchev–Trinajstić information content (AvgIpc) is 2.96. The lowest BCUT2D eigenvalue weighted by atomic mass is 10.0. The molecule has 2 aromatic rings. The molecular formula is C14H16N4OS. The lowest BCUT2D eigenvalue weighted by Gasteiger charge is -2.35. The second-order valence-corrected chi connectivity index (χ2v) is 5.81. The topological polar surface area (TPSA) is 74.7 Å². The van der Waals surface area contributed by atoms with E-state index in [0.717, 1.165) is 18.7 Å². The molecule has 6 heteroatoms. The lowest BCUT2D eigenvalue weighted by Crippen LogP contribution is -2.33. The zero-order valence-corrected chi connectivity index (χ0v) is 12.0. The summed E-state index contributed by atoms with van der Waals surface area (Å²) >= 11 is 1.83. The smallest absolute Gasteiger partial charge is 0.188 e. The van der Waals surface area contributed by atoms with Crippen molar-refractivity contribution in [3.05, 3.63) is 45.9 Å². The molecule has 0 aliphatic carbocycles. The van der Waals surface area contributed by atoms with E-state index in [9.17, 15) is 0 Å². The maximum absolute atomic E-state index is 8.65. The van der Waals surface area contributed by atoms with Crippen LogP contribution in [0.15, 0.2) is 34.9 Å². The predicted molar refractivity (Wildman–Crippen MR) is 80.5 cm³/mol. The Morgan fingerprint density at radius 2 is 2.35 bits per heavy atom. The zero-order valence-electron chi connectivity index (χ0n) is 11.2. The first-order valence-corrected chi connectivity index (χ1v) is 7.35. The highest BCUT2D eigenvalue weighted by Crippen LogP contribution is 2.35. The van der Waals surface area contributed by atoms with Crippen molar-refractivity contribution in [2.45, 2.75) is 19.4 Å². The zero-order chi connectivity index (χ0) is 14.1. The van der Waals surface area contributed by atoms with Gasteiger partial charge in [-0.15, -0.1) is 11.3 Å². The molecule has 0 bridgehead atoms. The van der Waals surface area contributed by atoms with E-state index in [2.05, 4.69) is 33.4 Å². The second-order valence-electron chi connectivity index (χ2n) is 4.81. The minimum atomic E-state index is 0.0309. The number of hydrogen-bond acceptors (Lipinski definition) is 5. The number of nitrogens with zero attached hydrogens (tertiary/aromatic N) is 3. The van der Waals surface area contributed by atoms with Gasteiger partial charge in [-0.1, -0.05) is 5.16 Å². The Balaban J connectivity index is 1.87. The van der Waals surface area contributed by atoms with Crippen LogP contribution in [0.5, 0.6) is 0 Å². The number of aromatic nitrogens is 1. The minimum absolute atomic E-state index is 0.0309. The Hall–Kier alpha value is -2.08. The molecule has 0 saturated carbocycles. The summed E-state index contributed by atoms with van der Waals surface area (Å²) in [6.07, 6.45) is 2.85. The monoisotopic (exact) mass is 288 g/mol. The molecular weight excluding hydrogens is 272 g/mol. The van der Waals surface area contributed by atoms with E-state index in [1.54, 1.807) is 12.3 Å². The Labute approximate surface area is 121 Å². The van der Waals surface area contributed by atoms with E-state index in [-0.39, 0.29) is 5.84 Å². The molecule has 3 heterocycles. The summed E-state index contributed by atoms with van der Waals surface area (Å²) < 4.78 is 0. The summed E-state index contributed by atoms with van der Waals surface area (Å²) in [5, 5.41) is 13.8. The summed E-state index contributed by atoms with van der Waals surface area (Å²) in [5.41, 5.74) is 8.47. The van der Waals surface area contributed by atoms with Gasteiger partial charge in [0, 0.05) is 11.4 Å². The number of amidine groups is 1. The quantitative estimate of drug-likeness (QED) is 0.385. The van der Waals surface area contributed by atoms with Gasteiger partial charge in [0.2, 0.25) is 0 Å². The molecule has 1 unspecified atom stereocenters. The van der Waals surface area contributed by atoms with Gasteiger partial charge in [-0.2, -0.15) is 0 Å². The van der Waals surface area contributed by atoms with Crippen LogP contribution in [0.3, 0.4) is 0 Å². The lowest BCUT2D eigenvalue weighted by molar-refractivity contribution is 0.318. The predicted octanol–water partition coefficient (Wildman–Crippen LogP) is 2.36. The van der Waals surface area contributed by atoms with Gasteiger partial charge in [0.05, 0.1) is 17.9 Å². The average molecular weight is 288 g/mol. The molecule has 0 spiro atoms. The third-order valence-electron chi connectivity index (χ3n) is 3.73. The number of pyridine rings is 1. The van der Waals surface area contributed by atoms with Crippen molar-refractivity contribution in [3.63, 3.8) is 0 Å². The molecule has 104 valence electrons. The molecule has 3 N–H and O–H groups in total. The molecule has 20 heavy (non-hydrogen) atoms. The van der Waals surface area contributed by atoms with Crippen molar-refractivity contribution in [2.24, 2.45) is 10.9 Å². The maximum atomic E-state index is 8.65. The summed E-state index contributed by atoms with van der Waals surface area (Å²) in [6, 6.07) is 6.30. The standard InChI is InChI=1S/C14H16N4OS/c1-9-11-5-7-20-13(11)4-6-18(9)10-2-3-12(16-8-10)14(15)17-19/h2-3,5,7-9,19H,4,6H2,1H3,(H2,15,17). The molecule has 3 rings (SSSR count). The van der Waals surface area contributed by atoms with Gasteiger partial charge in [-0.05, 0) is 42.5 Å². The molecule has 0 radical (unpaired) electrons. The fourth-order valence-electron chi connectivity index (χ4n) is 2.62. The molecule has 5 nitrogen and oxygen atoms in total. The van der Waals surface area contributed by atoms with Gasteiger partial charge in [-0.25, -0.2) is 0 Å². The van der Waals surface area contributed by atoms with Crippen LogP contribution in [0, 0.1) is 0 Å². The first-order chi connectivity index (χ1) is 9.70. The SMILES string of the molecule is CC1c2ccsc2CCN1c1ccc(/C(N)=N/O)nc1. The summed E-state index contributed by atoms with van der Waals surface area (Å²) in [7, 11) is 0. The fourth-order valence-corrected chi connectivity index (χ4v) is 3.58. The Morgan fingerprint density at radius 3 is 3.05 bits per heavy atom. The molecule has 2 aromatic heterocycles. The van der Waals surface area contributed by atoms with Crippen LogP contribution in [-0.2, 0) is 6.42 Å². The Kier molecular flexibility index (Phi) is 3.31. The largest absolute Gasteiger partial charge is 0.409 e. The number of oxime groups is 1. The van der Waals surface area contributed by atoms with Gasteiger partial charge < -0.3 is 15.8 Å². The Morgan fingerprint density at radius 1 is 1.50 bits per heavy atom. The Bertz CT molecular complexity index is 635. The van der Waals surface area contributed by atoms with Crippen LogP contribution in [0.2, 0.25) is 0 Å². The van der Waals surface area contributed by atoms with E-state index in [1.807, 2.05) is 17.4 Å². The van der Waals surface area contributed by atoms with Crippen LogP contribution < -0.4 is 10.6 Å². The number of fused-ring (bicyclic) bond motifs is 1. The molecule has 0 fully saturated rings. The molecule has 1 aliphatic rings. The second kappa shape index (κ2) is 5.13. The van der Waals surface area contributed by atoms with Gasteiger partial charge in [0.15, 0.2) is 5.84 Å². The number of rotatable bonds is 2. The van der Waals surface area contributed by atoms with Gasteiger partial charge >= 0.3 is 0 Å². The summed E-state index contributed by atoms with van der Waals surface area (Å²) in [6.45, 7) is 3.20. The van der Waals surface area contributed by atoms with Crippen LogP contribution >= 0.6 is 11.3 Å². The van der Waals surface area contributed by atoms with Crippen molar-refractivity contribution in [2.75, 3.05) is 11.4 Å². The van der Waals surface area contributed by atoms with Gasteiger partial charge in [0.25, 0.3) is 0 Å². The van der Waals surface area contributed by atoms with Crippen molar-refractivity contribution < 1.29 is 5.21 Å². The van der Waals surface area contributed by atoms with E-state index < -0.39 is 0 Å². The fraction of sp³-hybridized carbons (Fsp3) is 0.286. The van der Waals surface area contributed by atoms with Crippen LogP contribution in [0.4, 0.5) is 5.69 Å². The van der Waals surface area contributed by atoms with Crippen LogP contribution in [0.25, 0.3) is 0 Å². The first-order valence-electron chi connectivity index (χ1n) is 6.47. The van der Waals surface area contributed by atoms with E-state index in [4.69, 9.17) is 10.9 Å². The molecule has 1 atom stereocenters. The van der Waals surface area contributed by atoms with Gasteiger partial charge in [-0.3, -0.25) is 4.98 Å². The number of anilines is 1. The molecule has 0 aromatic carbocycles. The third-order valence-corrected chi connectivity index (χ3v) is 4.72. The van der Waals surface area contributed by atoms with E-state index >= 15 is 0 Å². The number of thiophene rings is 1. The van der Waals surface area contributed by atoms with Crippen LogP contribution in [-0.4, -0.2) is 22.6 Å². The maximum Gasteiger partial charge on any atom is 0.188 e. The van der Waals surface area contributed by atoms with Crippen molar-refractivity contribution in [1.82, 2.24) is 4.98 Å². The molecule has 0 saturated heterocycles. The van der Waals surface area contributed by atoms with Crippen LogP contribution in [0.1, 0.15) is 29.1 Å².